The van der Waals surface area contributed by atoms with Gasteiger partial charge in [0.05, 0.1) is 6.54 Å². The molecule has 0 aliphatic heterocycles. The summed E-state index contributed by atoms with van der Waals surface area (Å²) in [5, 5.41) is 8.81. The normalized spacial score (nSPS) is 11.6. The highest BCUT2D eigenvalue weighted by Crippen LogP contribution is 2.36. The van der Waals surface area contributed by atoms with Crippen molar-refractivity contribution in [2.75, 3.05) is 5.32 Å². The Morgan fingerprint density at radius 1 is 1.26 bits per heavy atom. The van der Waals surface area contributed by atoms with Crippen LogP contribution in [0.25, 0.3) is 0 Å². The molecule has 1 aromatic carbocycles. The van der Waals surface area contributed by atoms with Gasteiger partial charge in [0, 0.05) is 12.6 Å². The molecule has 0 radical (unpaired) electrons. The minimum Gasteiger partial charge on any atom is -0.288 e. The molecule has 2 aromatic heterocycles. The van der Waals surface area contributed by atoms with Crippen LogP contribution in [0.15, 0.2) is 30.6 Å². The van der Waals surface area contributed by atoms with E-state index in [1.54, 1.807) is 12.1 Å². The van der Waals surface area contributed by atoms with Crippen LogP contribution in [0, 0.1) is 5.82 Å². The second-order valence-electron chi connectivity index (χ2n) is 5.44. The number of aryl methyl sites for hydroxylation is 1. The first-order valence-corrected chi connectivity index (χ1v) is 7.78. The number of benzene rings is 1. The van der Waals surface area contributed by atoms with Gasteiger partial charge in [-0.2, -0.15) is 18.3 Å². The van der Waals surface area contributed by atoms with Gasteiger partial charge in [-0.05, 0) is 6.07 Å². The zero-order valence-corrected chi connectivity index (χ0v) is 14.4. The van der Waals surface area contributed by atoms with Crippen LogP contribution >= 0.6 is 11.6 Å². The van der Waals surface area contributed by atoms with Gasteiger partial charge < -0.3 is 0 Å². The predicted molar refractivity (Wildman–Crippen MR) is 86.7 cm³/mol. The molecule has 12 heteroatoms. The summed E-state index contributed by atoms with van der Waals surface area (Å²) in [5.41, 5.74) is -1.51. The topological polar surface area (TPSA) is 77.6 Å². The highest BCUT2D eigenvalue weighted by molar-refractivity contribution is 6.34. The van der Waals surface area contributed by atoms with E-state index < -0.39 is 34.3 Å². The number of hydrogen-bond donors (Lipinski definition) is 1. The summed E-state index contributed by atoms with van der Waals surface area (Å²) >= 11 is 5.65. The van der Waals surface area contributed by atoms with E-state index in [1.807, 2.05) is 0 Å². The van der Waals surface area contributed by atoms with Gasteiger partial charge in [-0.3, -0.25) is 14.8 Å². The lowest BCUT2D eigenvalue weighted by molar-refractivity contribution is -0.143. The molecule has 27 heavy (non-hydrogen) atoms. The van der Waals surface area contributed by atoms with E-state index in [1.165, 1.54) is 23.1 Å². The molecule has 0 atom stereocenters. The quantitative estimate of drug-likeness (QED) is 0.680. The number of carbonyl (C=O) groups excluding carboxylic acids is 1. The molecule has 3 rings (SSSR count). The number of nitrogens with zero attached hydrogens (tertiary/aromatic N) is 5. The molecule has 142 valence electrons. The van der Waals surface area contributed by atoms with Crippen LogP contribution in [0.4, 0.5) is 23.5 Å². The summed E-state index contributed by atoms with van der Waals surface area (Å²) in [6.07, 6.45) is -3.53. The molecule has 0 bridgehead atoms. The Balaban J connectivity index is 1.76. The summed E-state index contributed by atoms with van der Waals surface area (Å²) in [5.74, 6) is -1.63. The maximum atomic E-state index is 13.6. The molecule has 1 N–H and O–H groups in total. The zero-order valence-electron chi connectivity index (χ0n) is 13.6. The van der Waals surface area contributed by atoms with E-state index in [0.29, 0.717) is 10.2 Å². The van der Waals surface area contributed by atoms with Crippen LogP contribution in [0.1, 0.15) is 21.7 Å². The lowest BCUT2D eigenvalue weighted by Crippen LogP contribution is -2.15. The van der Waals surface area contributed by atoms with E-state index >= 15 is 0 Å². The highest BCUT2D eigenvalue weighted by atomic mass is 35.5. The molecule has 0 saturated carbocycles. The number of rotatable bonds is 4. The highest BCUT2D eigenvalue weighted by Gasteiger charge is 2.40. The van der Waals surface area contributed by atoms with Crippen LogP contribution in [0.3, 0.4) is 0 Å². The monoisotopic (exact) mass is 402 g/mol. The first-order chi connectivity index (χ1) is 12.7. The van der Waals surface area contributed by atoms with Gasteiger partial charge in [0.1, 0.15) is 17.2 Å². The molecule has 0 fully saturated rings. The Kier molecular flexibility index (Phi) is 4.87. The van der Waals surface area contributed by atoms with Crippen molar-refractivity contribution in [3.8, 4) is 0 Å². The summed E-state index contributed by atoms with van der Waals surface area (Å²) in [6.45, 7) is 0.0537. The Labute approximate surface area is 154 Å². The SMILES string of the molecule is Cn1nc(C(=O)Nc2ncn(Cc3ccccc3F)n2)c(Cl)c1C(F)(F)F. The van der Waals surface area contributed by atoms with Gasteiger partial charge in [0.15, 0.2) is 11.4 Å². The first kappa shape index (κ1) is 18.8. The fourth-order valence-corrected chi connectivity index (χ4v) is 2.69. The van der Waals surface area contributed by atoms with Gasteiger partial charge in [-0.1, -0.05) is 29.8 Å². The number of carbonyl (C=O) groups is 1. The number of alkyl halides is 3. The van der Waals surface area contributed by atoms with Crippen molar-refractivity contribution >= 4 is 23.5 Å². The molecule has 0 saturated heterocycles. The third kappa shape index (κ3) is 3.92. The summed E-state index contributed by atoms with van der Waals surface area (Å²) in [6, 6.07) is 6.04. The van der Waals surface area contributed by atoms with Crippen LogP contribution in [-0.2, 0) is 19.8 Å². The van der Waals surface area contributed by atoms with Gasteiger partial charge >= 0.3 is 6.18 Å². The second kappa shape index (κ2) is 6.99. The number of halogens is 5. The fourth-order valence-electron chi connectivity index (χ4n) is 2.34. The van der Waals surface area contributed by atoms with Crippen LogP contribution in [0.5, 0.6) is 0 Å². The van der Waals surface area contributed by atoms with Crippen molar-refractivity contribution in [1.29, 1.82) is 0 Å². The maximum absolute atomic E-state index is 13.6. The maximum Gasteiger partial charge on any atom is 0.434 e. The average molecular weight is 403 g/mol. The molecular formula is C15H11ClF4N6O. The van der Waals surface area contributed by atoms with Crippen molar-refractivity contribution in [2.45, 2.75) is 12.7 Å². The fraction of sp³-hybridized carbons (Fsp3) is 0.200. The third-order valence-corrected chi connectivity index (χ3v) is 3.88. The van der Waals surface area contributed by atoms with Crippen molar-refractivity contribution in [2.24, 2.45) is 7.05 Å². The van der Waals surface area contributed by atoms with E-state index in [2.05, 4.69) is 20.5 Å². The lowest BCUT2D eigenvalue weighted by Gasteiger charge is -2.06. The predicted octanol–water partition coefficient (Wildman–Crippen LogP) is 3.12. The minimum atomic E-state index is -4.77. The van der Waals surface area contributed by atoms with Crippen molar-refractivity contribution in [1.82, 2.24) is 24.5 Å². The van der Waals surface area contributed by atoms with E-state index in [0.717, 1.165) is 7.05 Å². The van der Waals surface area contributed by atoms with Crippen molar-refractivity contribution in [3.05, 3.63) is 58.4 Å². The van der Waals surface area contributed by atoms with E-state index in [4.69, 9.17) is 11.6 Å². The smallest absolute Gasteiger partial charge is 0.288 e. The molecule has 0 aliphatic carbocycles. The van der Waals surface area contributed by atoms with E-state index in [9.17, 15) is 22.4 Å². The second-order valence-corrected chi connectivity index (χ2v) is 5.82. The molecule has 0 spiro atoms. The van der Waals surface area contributed by atoms with Gasteiger partial charge in [-0.15, -0.1) is 5.10 Å². The summed E-state index contributed by atoms with van der Waals surface area (Å²) in [7, 11) is 1.02. The summed E-state index contributed by atoms with van der Waals surface area (Å²) in [4.78, 5) is 16.0. The van der Waals surface area contributed by atoms with E-state index in [-0.39, 0.29) is 12.5 Å². The lowest BCUT2D eigenvalue weighted by atomic mass is 10.2. The Morgan fingerprint density at radius 3 is 2.59 bits per heavy atom. The van der Waals surface area contributed by atoms with Gasteiger partial charge in [0.25, 0.3) is 5.91 Å². The van der Waals surface area contributed by atoms with Gasteiger partial charge in [-0.25, -0.2) is 14.1 Å². The van der Waals surface area contributed by atoms with Crippen LogP contribution < -0.4 is 5.32 Å². The molecule has 3 aromatic rings. The molecule has 7 nitrogen and oxygen atoms in total. The number of amides is 1. The number of anilines is 1. The first-order valence-electron chi connectivity index (χ1n) is 7.40. The largest absolute Gasteiger partial charge is 0.434 e. The zero-order chi connectivity index (χ0) is 19.8. The Morgan fingerprint density at radius 2 is 1.96 bits per heavy atom. The van der Waals surface area contributed by atoms with Crippen LogP contribution in [-0.4, -0.2) is 30.5 Å². The molecular weight excluding hydrogens is 392 g/mol. The molecule has 0 aliphatic rings. The Hall–Kier alpha value is -2.95. The summed E-state index contributed by atoms with van der Waals surface area (Å²) < 4.78 is 54.1. The molecule has 1 amide bonds. The van der Waals surface area contributed by atoms with Gasteiger partial charge in [0.2, 0.25) is 5.95 Å². The number of hydrogen-bond acceptors (Lipinski definition) is 4. The average Bonchev–Trinajstić information content (AvgIpc) is 3.12. The molecule has 2 heterocycles. The van der Waals surface area contributed by atoms with Crippen molar-refractivity contribution in [3.63, 3.8) is 0 Å². The van der Waals surface area contributed by atoms with Crippen molar-refractivity contribution < 1.29 is 22.4 Å². The molecule has 0 unspecified atom stereocenters. The number of aromatic nitrogens is 5. The minimum absolute atomic E-state index is 0.0537. The Bertz CT molecular complexity index is 997. The standard InChI is InChI=1S/C15H11ClF4N6O/c1-25-12(15(18,19)20)10(16)11(23-25)13(27)22-14-21-7-26(24-14)6-8-4-2-3-5-9(8)17/h2-5,7H,6H2,1H3,(H,22,24,27). The third-order valence-electron chi connectivity index (χ3n) is 3.52. The number of nitrogens with one attached hydrogen (secondary N) is 1. The van der Waals surface area contributed by atoms with Crippen LogP contribution in [0.2, 0.25) is 5.02 Å².